The molecular formula is C15H25N3. The highest BCUT2D eigenvalue weighted by atomic mass is 15.1. The molecule has 100 valence electrons. The lowest BCUT2D eigenvalue weighted by atomic mass is 10.1. The highest BCUT2D eigenvalue weighted by Gasteiger charge is 2.16. The van der Waals surface area contributed by atoms with Gasteiger partial charge in [0.2, 0.25) is 0 Å². The van der Waals surface area contributed by atoms with E-state index in [1.54, 1.807) is 0 Å². The van der Waals surface area contributed by atoms with E-state index in [4.69, 9.17) is 0 Å². The SMILES string of the molecule is CNc1cc(CN(C)C2CCCCCC2)ccn1. The number of rotatable bonds is 4. The van der Waals surface area contributed by atoms with Gasteiger partial charge in [0.1, 0.15) is 5.82 Å². The van der Waals surface area contributed by atoms with E-state index in [2.05, 4.69) is 34.4 Å². The highest BCUT2D eigenvalue weighted by molar-refractivity contribution is 5.36. The highest BCUT2D eigenvalue weighted by Crippen LogP contribution is 2.22. The van der Waals surface area contributed by atoms with E-state index in [1.165, 1.54) is 44.1 Å². The summed E-state index contributed by atoms with van der Waals surface area (Å²) in [6.45, 7) is 1.03. The van der Waals surface area contributed by atoms with Gasteiger partial charge in [-0.1, -0.05) is 25.7 Å². The van der Waals surface area contributed by atoms with E-state index in [0.717, 1.165) is 18.4 Å². The maximum absolute atomic E-state index is 4.26. The third kappa shape index (κ3) is 3.70. The molecule has 0 spiro atoms. The summed E-state index contributed by atoms with van der Waals surface area (Å²) in [6, 6.07) is 5.03. The van der Waals surface area contributed by atoms with Crippen molar-refractivity contribution >= 4 is 5.82 Å². The molecule has 1 aliphatic rings. The van der Waals surface area contributed by atoms with Crippen LogP contribution in [0.5, 0.6) is 0 Å². The molecular weight excluding hydrogens is 222 g/mol. The predicted octanol–water partition coefficient (Wildman–Crippen LogP) is 3.28. The van der Waals surface area contributed by atoms with Crippen LogP contribution in [-0.4, -0.2) is 30.0 Å². The third-order valence-corrected chi connectivity index (χ3v) is 3.96. The summed E-state index contributed by atoms with van der Waals surface area (Å²) in [6.07, 6.45) is 10.2. The van der Waals surface area contributed by atoms with Crippen LogP contribution >= 0.6 is 0 Å². The average Bonchev–Trinajstić information content (AvgIpc) is 2.68. The first-order chi connectivity index (χ1) is 8.79. The van der Waals surface area contributed by atoms with Crippen LogP contribution in [0.2, 0.25) is 0 Å². The number of nitrogens with zero attached hydrogens (tertiary/aromatic N) is 2. The number of anilines is 1. The fourth-order valence-corrected chi connectivity index (χ4v) is 2.83. The molecule has 1 aromatic heterocycles. The van der Waals surface area contributed by atoms with Crippen LogP contribution in [0.15, 0.2) is 18.3 Å². The van der Waals surface area contributed by atoms with Gasteiger partial charge in [-0.05, 0) is 37.6 Å². The molecule has 0 aliphatic heterocycles. The van der Waals surface area contributed by atoms with Crippen molar-refractivity contribution in [2.24, 2.45) is 0 Å². The van der Waals surface area contributed by atoms with Crippen molar-refractivity contribution in [3.63, 3.8) is 0 Å². The van der Waals surface area contributed by atoms with Crippen molar-refractivity contribution in [2.45, 2.75) is 51.1 Å². The number of aromatic nitrogens is 1. The number of hydrogen-bond acceptors (Lipinski definition) is 3. The Bertz CT molecular complexity index is 357. The Labute approximate surface area is 111 Å². The van der Waals surface area contributed by atoms with E-state index in [1.807, 2.05) is 13.2 Å². The Morgan fingerprint density at radius 2 is 2.00 bits per heavy atom. The van der Waals surface area contributed by atoms with Gasteiger partial charge in [-0.25, -0.2) is 4.98 Å². The molecule has 0 bridgehead atoms. The first-order valence-corrected chi connectivity index (χ1v) is 7.12. The Morgan fingerprint density at radius 1 is 1.28 bits per heavy atom. The Kier molecular flexibility index (Phi) is 5.00. The van der Waals surface area contributed by atoms with E-state index < -0.39 is 0 Å². The zero-order chi connectivity index (χ0) is 12.8. The van der Waals surface area contributed by atoms with Gasteiger partial charge in [0.15, 0.2) is 0 Å². The number of pyridine rings is 1. The summed E-state index contributed by atoms with van der Waals surface area (Å²) in [5.74, 6) is 0.960. The van der Waals surface area contributed by atoms with Crippen molar-refractivity contribution in [3.8, 4) is 0 Å². The summed E-state index contributed by atoms with van der Waals surface area (Å²) in [5, 5.41) is 3.10. The van der Waals surface area contributed by atoms with Crippen molar-refractivity contribution in [1.29, 1.82) is 0 Å². The fraction of sp³-hybridized carbons (Fsp3) is 0.667. The van der Waals surface area contributed by atoms with Gasteiger partial charge in [-0.3, -0.25) is 4.90 Å². The summed E-state index contributed by atoms with van der Waals surface area (Å²) in [4.78, 5) is 6.78. The van der Waals surface area contributed by atoms with Crippen molar-refractivity contribution < 1.29 is 0 Å². The molecule has 0 aromatic carbocycles. The smallest absolute Gasteiger partial charge is 0.125 e. The largest absolute Gasteiger partial charge is 0.373 e. The molecule has 0 radical (unpaired) electrons. The lowest BCUT2D eigenvalue weighted by molar-refractivity contribution is 0.213. The molecule has 0 saturated heterocycles. The topological polar surface area (TPSA) is 28.2 Å². The van der Waals surface area contributed by atoms with Crippen molar-refractivity contribution in [2.75, 3.05) is 19.4 Å². The Morgan fingerprint density at radius 3 is 2.67 bits per heavy atom. The first kappa shape index (κ1) is 13.3. The van der Waals surface area contributed by atoms with E-state index >= 15 is 0 Å². The summed E-state index contributed by atoms with van der Waals surface area (Å²) < 4.78 is 0. The van der Waals surface area contributed by atoms with Crippen LogP contribution in [0.4, 0.5) is 5.82 Å². The van der Waals surface area contributed by atoms with Gasteiger partial charge in [0.05, 0.1) is 0 Å². The molecule has 1 aromatic rings. The van der Waals surface area contributed by atoms with Crippen LogP contribution in [0.25, 0.3) is 0 Å². The minimum Gasteiger partial charge on any atom is -0.373 e. The van der Waals surface area contributed by atoms with Gasteiger partial charge in [-0.2, -0.15) is 0 Å². The number of nitrogens with one attached hydrogen (secondary N) is 1. The van der Waals surface area contributed by atoms with Gasteiger partial charge >= 0.3 is 0 Å². The molecule has 1 heterocycles. The normalized spacial score (nSPS) is 17.7. The van der Waals surface area contributed by atoms with E-state index in [-0.39, 0.29) is 0 Å². The summed E-state index contributed by atoms with van der Waals surface area (Å²) >= 11 is 0. The molecule has 18 heavy (non-hydrogen) atoms. The third-order valence-electron chi connectivity index (χ3n) is 3.96. The minimum absolute atomic E-state index is 0.763. The van der Waals surface area contributed by atoms with E-state index in [0.29, 0.717) is 0 Å². The van der Waals surface area contributed by atoms with E-state index in [9.17, 15) is 0 Å². The molecule has 2 rings (SSSR count). The molecule has 3 heteroatoms. The fourth-order valence-electron chi connectivity index (χ4n) is 2.83. The second kappa shape index (κ2) is 6.74. The second-order valence-corrected chi connectivity index (χ2v) is 5.36. The van der Waals surface area contributed by atoms with Crippen LogP contribution in [0, 0.1) is 0 Å². The average molecular weight is 247 g/mol. The Hall–Kier alpha value is -1.09. The Balaban J connectivity index is 1.94. The number of hydrogen-bond donors (Lipinski definition) is 1. The molecule has 1 aliphatic carbocycles. The maximum atomic E-state index is 4.26. The van der Waals surface area contributed by atoms with Crippen molar-refractivity contribution in [1.82, 2.24) is 9.88 Å². The molecule has 3 nitrogen and oxygen atoms in total. The molecule has 1 fully saturated rings. The van der Waals surface area contributed by atoms with Gasteiger partial charge in [0, 0.05) is 25.8 Å². The molecule has 0 atom stereocenters. The standard InChI is InChI=1S/C15H25N3/c1-16-15-11-13(9-10-17-15)12-18(2)14-7-5-3-4-6-8-14/h9-11,14H,3-8,12H2,1-2H3,(H,16,17). The van der Waals surface area contributed by atoms with Gasteiger partial charge in [0.25, 0.3) is 0 Å². The first-order valence-electron chi connectivity index (χ1n) is 7.12. The molecule has 1 N–H and O–H groups in total. The van der Waals surface area contributed by atoms with Crippen LogP contribution in [-0.2, 0) is 6.54 Å². The lowest BCUT2D eigenvalue weighted by Gasteiger charge is -2.27. The van der Waals surface area contributed by atoms with Crippen LogP contribution < -0.4 is 5.32 Å². The maximum Gasteiger partial charge on any atom is 0.125 e. The molecule has 0 amide bonds. The van der Waals surface area contributed by atoms with Gasteiger partial charge in [-0.15, -0.1) is 0 Å². The molecule has 1 saturated carbocycles. The van der Waals surface area contributed by atoms with Crippen LogP contribution in [0.3, 0.4) is 0 Å². The second-order valence-electron chi connectivity index (χ2n) is 5.36. The zero-order valence-corrected chi connectivity index (χ0v) is 11.7. The quantitative estimate of drug-likeness (QED) is 0.828. The van der Waals surface area contributed by atoms with Gasteiger partial charge < -0.3 is 5.32 Å². The zero-order valence-electron chi connectivity index (χ0n) is 11.7. The monoisotopic (exact) mass is 247 g/mol. The summed E-state index contributed by atoms with van der Waals surface area (Å²) in [7, 11) is 4.18. The lowest BCUT2D eigenvalue weighted by Crippen LogP contribution is -2.30. The predicted molar refractivity (Wildman–Crippen MR) is 76.7 cm³/mol. The van der Waals surface area contributed by atoms with Crippen LogP contribution in [0.1, 0.15) is 44.1 Å². The minimum atomic E-state index is 0.763. The summed E-state index contributed by atoms with van der Waals surface area (Å²) in [5.41, 5.74) is 1.35. The van der Waals surface area contributed by atoms with Crippen molar-refractivity contribution in [3.05, 3.63) is 23.9 Å². The molecule has 0 unspecified atom stereocenters.